The highest BCUT2D eigenvalue weighted by molar-refractivity contribution is 5.60. The van der Waals surface area contributed by atoms with Gasteiger partial charge in [-0.1, -0.05) is 30.3 Å². The number of hydrogen-bond donors (Lipinski definition) is 1. The third-order valence-corrected chi connectivity index (χ3v) is 2.92. The standard InChI is InChI=1S/C17H14N2O/c18-14-6-8-15(9-7-14)20-16-10-11-19-17(12-16)13-4-2-1-3-5-13/h1-12H,18H2. The Balaban J connectivity index is 1.86. The van der Waals surface area contributed by atoms with E-state index in [1.807, 2.05) is 66.7 Å². The van der Waals surface area contributed by atoms with Gasteiger partial charge in [-0.2, -0.15) is 0 Å². The highest BCUT2D eigenvalue weighted by atomic mass is 16.5. The minimum absolute atomic E-state index is 0.719. The Morgan fingerprint density at radius 1 is 0.800 bits per heavy atom. The smallest absolute Gasteiger partial charge is 0.131 e. The molecular formula is C17H14N2O. The number of aromatic nitrogens is 1. The summed E-state index contributed by atoms with van der Waals surface area (Å²) in [5, 5.41) is 0. The van der Waals surface area contributed by atoms with E-state index in [4.69, 9.17) is 10.5 Å². The van der Waals surface area contributed by atoms with Crippen molar-refractivity contribution in [2.24, 2.45) is 0 Å². The molecule has 2 aromatic carbocycles. The van der Waals surface area contributed by atoms with Crippen molar-refractivity contribution >= 4 is 5.69 Å². The van der Waals surface area contributed by atoms with Gasteiger partial charge in [0, 0.05) is 23.5 Å². The lowest BCUT2D eigenvalue weighted by molar-refractivity contribution is 0.482. The van der Waals surface area contributed by atoms with Crippen LogP contribution < -0.4 is 10.5 Å². The number of nitrogen functional groups attached to an aromatic ring is 1. The van der Waals surface area contributed by atoms with Gasteiger partial charge in [0.15, 0.2) is 0 Å². The number of nitrogens with zero attached hydrogens (tertiary/aromatic N) is 1. The maximum atomic E-state index is 5.80. The zero-order valence-corrected chi connectivity index (χ0v) is 10.9. The van der Waals surface area contributed by atoms with E-state index in [0.29, 0.717) is 0 Å². The molecule has 20 heavy (non-hydrogen) atoms. The molecule has 0 saturated heterocycles. The molecule has 0 fully saturated rings. The third-order valence-electron chi connectivity index (χ3n) is 2.92. The Morgan fingerprint density at radius 3 is 2.30 bits per heavy atom. The van der Waals surface area contributed by atoms with Gasteiger partial charge < -0.3 is 10.5 Å². The maximum Gasteiger partial charge on any atom is 0.131 e. The van der Waals surface area contributed by atoms with Crippen molar-refractivity contribution in [3.63, 3.8) is 0 Å². The van der Waals surface area contributed by atoms with Crippen LogP contribution in [0.25, 0.3) is 11.3 Å². The van der Waals surface area contributed by atoms with Gasteiger partial charge in [-0.05, 0) is 30.3 Å². The van der Waals surface area contributed by atoms with Crippen molar-refractivity contribution in [1.29, 1.82) is 0 Å². The molecule has 0 amide bonds. The monoisotopic (exact) mass is 262 g/mol. The van der Waals surface area contributed by atoms with Gasteiger partial charge in [0.2, 0.25) is 0 Å². The van der Waals surface area contributed by atoms with Crippen LogP contribution in [-0.2, 0) is 0 Å². The number of anilines is 1. The molecule has 3 aromatic rings. The largest absolute Gasteiger partial charge is 0.457 e. The van der Waals surface area contributed by atoms with Crippen molar-refractivity contribution in [3.05, 3.63) is 72.9 Å². The lowest BCUT2D eigenvalue weighted by atomic mass is 10.1. The van der Waals surface area contributed by atoms with Crippen LogP contribution >= 0.6 is 0 Å². The fraction of sp³-hybridized carbons (Fsp3) is 0. The quantitative estimate of drug-likeness (QED) is 0.722. The number of pyridine rings is 1. The molecule has 1 heterocycles. The Kier molecular flexibility index (Phi) is 3.33. The van der Waals surface area contributed by atoms with E-state index in [1.165, 1.54) is 0 Å². The summed E-state index contributed by atoms with van der Waals surface area (Å²) in [6.45, 7) is 0. The molecule has 3 rings (SSSR count). The van der Waals surface area contributed by atoms with E-state index in [1.54, 1.807) is 6.20 Å². The average molecular weight is 262 g/mol. The Hall–Kier alpha value is -2.81. The van der Waals surface area contributed by atoms with Gasteiger partial charge >= 0.3 is 0 Å². The van der Waals surface area contributed by atoms with Crippen molar-refractivity contribution in [2.75, 3.05) is 5.73 Å². The van der Waals surface area contributed by atoms with Crippen molar-refractivity contribution < 1.29 is 4.74 Å². The number of hydrogen-bond acceptors (Lipinski definition) is 3. The molecule has 0 spiro atoms. The molecule has 2 N–H and O–H groups in total. The number of nitrogens with two attached hydrogens (primary N) is 1. The Bertz CT molecular complexity index is 694. The fourth-order valence-corrected chi connectivity index (χ4v) is 1.91. The zero-order chi connectivity index (χ0) is 13.8. The second kappa shape index (κ2) is 5.45. The van der Waals surface area contributed by atoms with Crippen LogP contribution in [0.1, 0.15) is 0 Å². The summed E-state index contributed by atoms with van der Waals surface area (Å²) in [7, 11) is 0. The van der Waals surface area contributed by atoms with Crippen molar-refractivity contribution in [2.45, 2.75) is 0 Å². The van der Waals surface area contributed by atoms with Crippen molar-refractivity contribution in [3.8, 4) is 22.8 Å². The van der Waals surface area contributed by atoms with Crippen LogP contribution in [0.5, 0.6) is 11.5 Å². The van der Waals surface area contributed by atoms with Gasteiger partial charge in [0.05, 0.1) is 5.69 Å². The summed E-state index contributed by atoms with van der Waals surface area (Å²) in [4.78, 5) is 4.37. The summed E-state index contributed by atoms with van der Waals surface area (Å²) >= 11 is 0. The fourth-order valence-electron chi connectivity index (χ4n) is 1.91. The SMILES string of the molecule is Nc1ccc(Oc2ccnc(-c3ccccc3)c2)cc1. The Labute approximate surface area is 117 Å². The first kappa shape index (κ1) is 12.2. The topological polar surface area (TPSA) is 48.1 Å². The predicted molar refractivity (Wildman–Crippen MR) is 80.6 cm³/mol. The first-order valence-electron chi connectivity index (χ1n) is 6.36. The second-order valence-corrected chi connectivity index (χ2v) is 4.41. The van der Waals surface area contributed by atoms with Crippen LogP contribution in [-0.4, -0.2) is 4.98 Å². The third kappa shape index (κ3) is 2.78. The van der Waals surface area contributed by atoms with Gasteiger partial charge in [-0.25, -0.2) is 0 Å². The maximum absolute atomic E-state index is 5.80. The molecule has 3 heteroatoms. The van der Waals surface area contributed by atoms with Crippen LogP contribution in [0.4, 0.5) is 5.69 Å². The minimum atomic E-state index is 0.719. The van der Waals surface area contributed by atoms with Crippen LogP contribution in [0.15, 0.2) is 72.9 Å². The second-order valence-electron chi connectivity index (χ2n) is 4.41. The summed E-state index contributed by atoms with van der Waals surface area (Å²) in [5.74, 6) is 1.51. The van der Waals surface area contributed by atoms with E-state index in [9.17, 15) is 0 Å². The molecule has 0 aliphatic rings. The van der Waals surface area contributed by atoms with E-state index >= 15 is 0 Å². The molecule has 1 aromatic heterocycles. The Morgan fingerprint density at radius 2 is 1.55 bits per heavy atom. The summed E-state index contributed by atoms with van der Waals surface area (Å²) in [6, 6.07) is 21.1. The molecular weight excluding hydrogens is 248 g/mol. The normalized spacial score (nSPS) is 10.2. The number of benzene rings is 2. The number of ether oxygens (including phenoxy) is 1. The average Bonchev–Trinajstić information content (AvgIpc) is 2.51. The highest BCUT2D eigenvalue weighted by Crippen LogP contribution is 2.25. The molecule has 3 nitrogen and oxygen atoms in total. The zero-order valence-electron chi connectivity index (χ0n) is 10.9. The van der Waals surface area contributed by atoms with Gasteiger partial charge in [-0.15, -0.1) is 0 Å². The first-order chi connectivity index (χ1) is 9.81. The first-order valence-corrected chi connectivity index (χ1v) is 6.36. The van der Waals surface area contributed by atoms with E-state index in [-0.39, 0.29) is 0 Å². The molecule has 0 aliphatic carbocycles. The highest BCUT2D eigenvalue weighted by Gasteiger charge is 2.02. The van der Waals surface area contributed by atoms with E-state index < -0.39 is 0 Å². The predicted octanol–water partition coefficient (Wildman–Crippen LogP) is 4.12. The molecule has 98 valence electrons. The van der Waals surface area contributed by atoms with Gasteiger partial charge in [0.1, 0.15) is 11.5 Å². The lowest BCUT2D eigenvalue weighted by Gasteiger charge is -2.07. The minimum Gasteiger partial charge on any atom is -0.457 e. The number of rotatable bonds is 3. The molecule has 0 atom stereocenters. The molecule has 0 unspecified atom stereocenters. The molecule has 0 radical (unpaired) electrons. The van der Waals surface area contributed by atoms with Crippen LogP contribution in [0, 0.1) is 0 Å². The van der Waals surface area contributed by atoms with Crippen LogP contribution in [0.2, 0.25) is 0 Å². The summed E-state index contributed by atoms with van der Waals surface area (Å²) < 4.78 is 5.80. The van der Waals surface area contributed by atoms with Gasteiger partial charge in [0.25, 0.3) is 0 Å². The summed E-state index contributed by atoms with van der Waals surface area (Å²) in [6.07, 6.45) is 1.75. The lowest BCUT2D eigenvalue weighted by Crippen LogP contribution is -1.88. The molecule has 0 aliphatic heterocycles. The van der Waals surface area contributed by atoms with Crippen LogP contribution in [0.3, 0.4) is 0 Å². The van der Waals surface area contributed by atoms with E-state index in [2.05, 4.69) is 4.98 Å². The van der Waals surface area contributed by atoms with Gasteiger partial charge in [-0.3, -0.25) is 4.98 Å². The van der Waals surface area contributed by atoms with E-state index in [0.717, 1.165) is 28.4 Å². The molecule has 0 saturated carbocycles. The molecule has 0 bridgehead atoms. The van der Waals surface area contributed by atoms with Crippen molar-refractivity contribution in [1.82, 2.24) is 4.98 Å². The summed E-state index contributed by atoms with van der Waals surface area (Å²) in [5.41, 5.74) is 8.33.